The Kier molecular flexibility index (Phi) is 9.28. The van der Waals surface area contributed by atoms with Crippen molar-refractivity contribution < 1.29 is 36.7 Å². The topological polar surface area (TPSA) is 140 Å². The number of nitrogens with one attached hydrogen (secondary N) is 2. The largest absolute Gasteiger partial charge is 0.474 e. The van der Waals surface area contributed by atoms with Crippen LogP contribution in [0.25, 0.3) is 11.0 Å². The van der Waals surface area contributed by atoms with Crippen molar-refractivity contribution in [1.82, 2.24) is 30.5 Å². The first-order chi connectivity index (χ1) is 21.0. The molecular formula is C29H26ClF3N6O5. The summed E-state index contributed by atoms with van der Waals surface area (Å²) in [7, 11) is 0. The SMILES string of the molecule is O=C(N[C@@H](Cc1ccccn1)C(=O)NCC(=O)N1CCC(Oc2ccnc(C(F)(F)F)n2)CC1)c1cc2cc(Cl)ccc2o1. The maximum Gasteiger partial charge on any atom is 0.451 e. The molecule has 0 saturated carbocycles. The summed E-state index contributed by atoms with van der Waals surface area (Å²) >= 11 is 6.02. The Hall–Kier alpha value is -4.72. The third kappa shape index (κ3) is 7.81. The number of fused-ring (bicyclic) bond motifs is 1. The van der Waals surface area contributed by atoms with Crippen molar-refractivity contribution in [2.75, 3.05) is 19.6 Å². The van der Waals surface area contributed by atoms with Crippen LogP contribution in [0.1, 0.15) is 34.9 Å². The number of pyridine rings is 1. The van der Waals surface area contributed by atoms with Crippen LogP contribution >= 0.6 is 11.6 Å². The first-order valence-electron chi connectivity index (χ1n) is 13.6. The van der Waals surface area contributed by atoms with Crippen LogP contribution in [0.4, 0.5) is 13.2 Å². The second kappa shape index (κ2) is 13.3. The van der Waals surface area contributed by atoms with Crippen molar-refractivity contribution in [3.05, 3.63) is 83.2 Å². The molecule has 11 nitrogen and oxygen atoms in total. The lowest BCUT2D eigenvalue weighted by Gasteiger charge is -2.32. The maximum atomic E-state index is 13.2. The minimum atomic E-state index is -4.69. The molecule has 5 rings (SSSR count). The summed E-state index contributed by atoms with van der Waals surface area (Å²) in [6, 6.07) is 11.8. The Morgan fingerprint density at radius 1 is 1.07 bits per heavy atom. The van der Waals surface area contributed by atoms with E-state index in [1.54, 1.807) is 42.6 Å². The van der Waals surface area contributed by atoms with E-state index in [1.807, 2.05) is 0 Å². The molecule has 2 N–H and O–H groups in total. The Morgan fingerprint density at radius 3 is 2.59 bits per heavy atom. The van der Waals surface area contributed by atoms with E-state index in [0.717, 1.165) is 6.20 Å². The fourth-order valence-electron chi connectivity index (χ4n) is 4.63. The Labute approximate surface area is 253 Å². The molecule has 230 valence electrons. The third-order valence-corrected chi connectivity index (χ3v) is 7.08. The summed E-state index contributed by atoms with van der Waals surface area (Å²) in [5, 5.41) is 6.35. The number of carbonyl (C=O) groups is 3. The van der Waals surface area contributed by atoms with E-state index in [2.05, 4.69) is 25.6 Å². The number of halogens is 4. The lowest BCUT2D eigenvalue weighted by atomic mass is 10.1. The summed E-state index contributed by atoms with van der Waals surface area (Å²) in [5.74, 6) is -3.10. The number of likely N-dealkylation sites (tertiary alicyclic amines) is 1. The summed E-state index contributed by atoms with van der Waals surface area (Å²) in [6.45, 7) is 0.199. The van der Waals surface area contributed by atoms with Crippen molar-refractivity contribution in [3.63, 3.8) is 0 Å². The van der Waals surface area contributed by atoms with Crippen molar-refractivity contribution in [2.24, 2.45) is 0 Å². The van der Waals surface area contributed by atoms with Crippen LogP contribution < -0.4 is 15.4 Å². The molecule has 44 heavy (non-hydrogen) atoms. The summed E-state index contributed by atoms with van der Waals surface area (Å²) in [6.07, 6.45) is -1.84. The van der Waals surface area contributed by atoms with Gasteiger partial charge in [-0.1, -0.05) is 17.7 Å². The van der Waals surface area contributed by atoms with Gasteiger partial charge in [0.25, 0.3) is 5.91 Å². The Morgan fingerprint density at radius 2 is 1.86 bits per heavy atom. The fraction of sp³-hybridized carbons (Fsp3) is 0.310. The molecule has 0 radical (unpaired) electrons. The first-order valence-corrected chi connectivity index (χ1v) is 14.0. The molecule has 0 aliphatic carbocycles. The molecule has 1 aliphatic rings. The van der Waals surface area contributed by atoms with Gasteiger partial charge in [0, 0.05) is 66.9 Å². The molecule has 3 aromatic heterocycles. The van der Waals surface area contributed by atoms with E-state index >= 15 is 0 Å². The molecule has 1 saturated heterocycles. The Balaban J connectivity index is 1.16. The number of hydrogen-bond acceptors (Lipinski definition) is 8. The fourth-order valence-corrected chi connectivity index (χ4v) is 4.81. The minimum Gasteiger partial charge on any atom is -0.474 e. The number of alkyl halides is 3. The van der Waals surface area contributed by atoms with E-state index in [-0.39, 0.29) is 43.6 Å². The van der Waals surface area contributed by atoms with Crippen LogP contribution in [0, 0.1) is 0 Å². The maximum absolute atomic E-state index is 13.2. The van der Waals surface area contributed by atoms with Crippen LogP contribution in [0.5, 0.6) is 5.88 Å². The van der Waals surface area contributed by atoms with Crippen LogP contribution in [-0.2, 0) is 22.2 Å². The summed E-state index contributed by atoms with van der Waals surface area (Å²) in [5.41, 5.74) is 0.997. The second-order valence-electron chi connectivity index (χ2n) is 9.98. The molecule has 1 fully saturated rings. The van der Waals surface area contributed by atoms with Gasteiger partial charge in [-0.3, -0.25) is 19.4 Å². The highest BCUT2D eigenvalue weighted by molar-refractivity contribution is 6.31. The van der Waals surface area contributed by atoms with E-state index in [4.69, 9.17) is 20.8 Å². The first kappa shape index (κ1) is 30.7. The van der Waals surface area contributed by atoms with Crippen LogP contribution in [-0.4, -0.2) is 69.4 Å². The number of aromatic nitrogens is 3. The number of amides is 3. The van der Waals surface area contributed by atoms with Gasteiger partial charge in [0.2, 0.25) is 23.5 Å². The highest BCUT2D eigenvalue weighted by atomic mass is 35.5. The van der Waals surface area contributed by atoms with Gasteiger partial charge in [-0.2, -0.15) is 18.2 Å². The number of nitrogens with zero attached hydrogens (tertiary/aromatic N) is 4. The van der Waals surface area contributed by atoms with Gasteiger partial charge >= 0.3 is 6.18 Å². The van der Waals surface area contributed by atoms with Crippen molar-refractivity contribution in [3.8, 4) is 5.88 Å². The van der Waals surface area contributed by atoms with Crippen molar-refractivity contribution >= 4 is 40.3 Å². The second-order valence-corrected chi connectivity index (χ2v) is 10.4. The third-order valence-electron chi connectivity index (χ3n) is 6.84. The van der Waals surface area contributed by atoms with Crippen LogP contribution in [0.3, 0.4) is 0 Å². The molecule has 15 heteroatoms. The zero-order chi connectivity index (χ0) is 31.3. The number of ether oxygens (including phenoxy) is 1. The molecule has 1 aliphatic heterocycles. The zero-order valence-electron chi connectivity index (χ0n) is 23.0. The van der Waals surface area contributed by atoms with Gasteiger partial charge in [-0.15, -0.1) is 0 Å². The summed E-state index contributed by atoms with van der Waals surface area (Å²) < 4.78 is 49.8. The molecule has 4 aromatic rings. The number of piperidine rings is 1. The standard InChI is InChI=1S/C29H26ClF3N6O5/c30-18-4-5-22-17(13-18)14-23(44-22)27(42)37-21(15-19-3-1-2-9-34-19)26(41)36-16-25(40)39-11-7-20(8-12-39)43-24-6-10-35-28(38-24)29(31,32)33/h1-6,9-10,13-14,20-21H,7-8,11-12,15-16H2,(H,36,41)(H,37,42)/t21-/m0/s1. The van der Waals surface area contributed by atoms with Crippen molar-refractivity contribution in [2.45, 2.75) is 37.6 Å². The quantitative estimate of drug-likeness (QED) is 0.285. The molecule has 4 heterocycles. The highest BCUT2D eigenvalue weighted by Crippen LogP contribution is 2.27. The minimum absolute atomic E-state index is 0.0150. The van der Waals surface area contributed by atoms with Gasteiger partial charge in [-0.05, 0) is 36.4 Å². The number of rotatable bonds is 9. The molecule has 0 bridgehead atoms. The van der Waals surface area contributed by atoms with E-state index in [9.17, 15) is 27.6 Å². The number of hydrogen-bond donors (Lipinski definition) is 2. The van der Waals surface area contributed by atoms with Gasteiger partial charge < -0.3 is 24.7 Å². The van der Waals surface area contributed by atoms with Crippen LogP contribution in [0.15, 0.2) is 65.3 Å². The zero-order valence-corrected chi connectivity index (χ0v) is 23.8. The van der Waals surface area contributed by atoms with Gasteiger partial charge in [0.1, 0.15) is 17.7 Å². The number of furan rings is 1. The average Bonchev–Trinajstić information content (AvgIpc) is 3.43. The molecule has 1 aromatic carbocycles. The van der Waals surface area contributed by atoms with Gasteiger partial charge in [0.15, 0.2) is 5.76 Å². The predicted molar refractivity (Wildman–Crippen MR) is 151 cm³/mol. The molecular weight excluding hydrogens is 605 g/mol. The van der Waals surface area contributed by atoms with Crippen LogP contribution in [0.2, 0.25) is 5.02 Å². The molecule has 3 amide bonds. The molecule has 0 spiro atoms. The molecule has 1 atom stereocenters. The lowest BCUT2D eigenvalue weighted by Crippen LogP contribution is -2.51. The van der Waals surface area contributed by atoms with E-state index in [0.29, 0.717) is 34.5 Å². The summed E-state index contributed by atoms with van der Waals surface area (Å²) in [4.78, 5) is 51.5. The molecule has 0 unspecified atom stereocenters. The highest BCUT2D eigenvalue weighted by Gasteiger charge is 2.35. The predicted octanol–water partition coefficient (Wildman–Crippen LogP) is 3.82. The van der Waals surface area contributed by atoms with Gasteiger partial charge in [0.05, 0.1) is 6.54 Å². The lowest BCUT2D eigenvalue weighted by molar-refractivity contribution is -0.145. The normalized spacial score (nSPS) is 14.7. The average molecular weight is 631 g/mol. The monoisotopic (exact) mass is 630 g/mol. The van der Waals surface area contributed by atoms with E-state index in [1.165, 1.54) is 17.0 Å². The Bertz CT molecular complexity index is 1640. The van der Waals surface area contributed by atoms with Crippen molar-refractivity contribution in [1.29, 1.82) is 0 Å². The number of carbonyl (C=O) groups excluding carboxylic acids is 3. The van der Waals surface area contributed by atoms with E-state index < -0.39 is 36.0 Å². The number of benzene rings is 1. The smallest absolute Gasteiger partial charge is 0.451 e. The van der Waals surface area contributed by atoms with Gasteiger partial charge in [-0.25, -0.2) is 4.98 Å².